The number of halogens is 1. The van der Waals surface area contributed by atoms with Crippen molar-refractivity contribution in [1.82, 2.24) is 9.78 Å². The maximum atomic E-state index is 13.9. The lowest BCUT2D eigenvalue weighted by molar-refractivity contribution is -0.139. The van der Waals surface area contributed by atoms with E-state index in [1.807, 2.05) is 54.1 Å². The number of rotatable bonds is 8. The van der Waals surface area contributed by atoms with Crippen LogP contribution in [0, 0.1) is 12.7 Å². The molecule has 6 heteroatoms. The average Bonchev–Trinajstić information content (AvgIpc) is 3.21. The molecule has 0 aliphatic rings. The highest BCUT2D eigenvalue weighted by Gasteiger charge is 2.16. The number of aromatic nitrogens is 2. The molecule has 0 bridgehead atoms. The summed E-state index contributed by atoms with van der Waals surface area (Å²) in [6.07, 6.45) is 0.764. The van der Waals surface area contributed by atoms with Crippen LogP contribution >= 0.6 is 0 Å². The molecule has 0 saturated carbocycles. The first-order chi connectivity index (χ1) is 15.5. The van der Waals surface area contributed by atoms with E-state index in [1.54, 1.807) is 12.1 Å². The monoisotopic (exact) mass is 430 g/mol. The van der Waals surface area contributed by atoms with E-state index in [2.05, 4.69) is 12.1 Å². The van der Waals surface area contributed by atoms with E-state index in [-0.39, 0.29) is 5.82 Å². The molecule has 0 aliphatic carbocycles. The highest BCUT2D eigenvalue weighted by molar-refractivity contribution is 5.74. The van der Waals surface area contributed by atoms with E-state index >= 15 is 0 Å². The quantitative estimate of drug-likeness (QED) is 0.408. The molecule has 5 nitrogen and oxygen atoms in total. The zero-order valence-corrected chi connectivity index (χ0v) is 17.7. The summed E-state index contributed by atoms with van der Waals surface area (Å²) < 4.78 is 21.3. The fourth-order valence-corrected chi connectivity index (χ4v) is 3.58. The molecular weight excluding hydrogens is 407 g/mol. The Hall–Kier alpha value is -3.93. The van der Waals surface area contributed by atoms with Crippen molar-refractivity contribution in [2.24, 2.45) is 0 Å². The lowest BCUT2D eigenvalue weighted by Gasteiger charge is -2.09. The Labute approximate surface area is 185 Å². The van der Waals surface area contributed by atoms with Crippen molar-refractivity contribution >= 4 is 5.97 Å². The SMILES string of the molecule is Cc1ccc(-c2cc(-c3cccc(F)c3)n(CCc3ccccc3)n2)c(OCC(=O)O)c1. The number of hydrogen-bond acceptors (Lipinski definition) is 3. The summed E-state index contributed by atoms with van der Waals surface area (Å²) in [5.41, 5.74) is 4.95. The van der Waals surface area contributed by atoms with Gasteiger partial charge in [-0.1, -0.05) is 48.5 Å². The van der Waals surface area contributed by atoms with Gasteiger partial charge in [0, 0.05) is 17.7 Å². The van der Waals surface area contributed by atoms with Gasteiger partial charge in [0.05, 0.1) is 11.4 Å². The standard InChI is InChI=1S/C26H23FN2O3/c1-18-10-11-22(25(14-18)32-17-26(30)31)23-16-24(20-8-5-9-21(27)15-20)29(28-23)13-12-19-6-3-2-4-7-19/h2-11,14-16H,12-13,17H2,1H3,(H,30,31). The first-order valence-electron chi connectivity index (χ1n) is 10.3. The van der Waals surface area contributed by atoms with Crippen molar-refractivity contribution < 1.29 is 19.0 Å². The molecule has 1 N–H and O–H groups in total. The maximum absolute atomic E-state index is 13.9. The number of carbonyl (C=O) groups is 1. The average molecular weight is 430 g/mol. The second-order valence-electron chi connectivity index (χ2n) is 7.57. The number of benzene rings is 3. The van der Waals surface area contributed by atoms with E-state index in [0.717, 1.165) is 23.2 Å². The molecule has 4 aromatic rings. The van der Waals surface area contributed by atoms with Crippen molar-refractivity contribution in [3.63, 3.8) is 0 Å². The zero-order valence-electron chi connectivity index (χ0n) is 17.7. The third-order valence-electron chi connectivity index (χ3n) is 5.12. The number of carboxylic acid groups (broad SMARTS) is 1. The number of nitrogens with zero attached hydrogens (tertiary/aromatic N) is 2. The molecule has 0 radical (unpaired) electrons. The molecule has 4 rings (SSSR count). The predicted molar refractivity (Wildman–Crippen MR) is 121 cm³/mol. The molecule has 0 atom stereocenters. The van der Waals surface area contributed by atoms with Gasteiger partial charge in [0.25, 0.3) is 0 Å². The highest BCUT2D eigenvalue weighted by Crippen LogP contribution is 2.33. The Kier molecular flexibility index (Phi) is 6.31. The van der Waals surface area contributed by atoms with Crippen LogP contribution in [-0.4, -0.2) is 27.5 Å². The van der Waals surface area contributed by atoms with Gasteiger partial charge in [0.15, 0.2) is 6.61 Å². The lowest BCUT2D eigenvalue weighted by atomic mass is 10.1. The number of aliphatic carboxylic acids is 1. The maximum Gasteiger partial charge on any atom is 0.341 e. The van der Waals surface area contributed by atoms with Crippen LogP contribution in [-0.2, 0) is 17.8 Å². The van der Waals surface area contributed by atoms with Crippen LogP contribution in [0.15, 0.2) is 78.9 Å². The molecule has 162 valence electrons. The summed E-state index contributed by atoms with van der Waals surface area (Å²) in [4.78, 5) is 11.0. The van der Waals surface area contributed by atoms with Crippen molar-refractivity contribution in [3.8, 4) is 28.3 Å². The number of carboxylic acids is 1. The van der Waals surface area contributed by atoms with Gasteiger partial charge in [-0.2, -0.15) is 5.10 Å². The minimum atomic E-state index is -1.05. The Morgan fingerprint density at radius 3 is 2.59 bits per heavy atom. The zero-order chi connectivity index (χ0) is 22.5. The van der Waals surface area contributed by atoms with E-state index in [9.17, 15) is 9.18 Å². The molecule has 0 amide bonds. The molecule has 0 saturated heterocycles. The van der Waals surface area contributed by atoms with Crippen LogP contribution in [0.2, 0.25) is 0 Å². The largest absolute Gasteiger partial charge is 0.481 e. The third-order valence-corrected chi connectivity index (χ3v) is 5.12. The molecule has 32 heavy (non-hydrogen) atoms. The van der Waals surface area contributed by atoms with Crippen LogP contribution in [0.4, 0.5) is 4.39 Å². The van der Waals surface area contributed by atoms with Crippen LogP contribution < -0.4 is 4.74 Å². The summed E-state index contributed by atoms with van der Waals surface area (Å²) >= 11 is 0. The van der Waals surface area contributed by atoms with Gasteiger partial charge in [-0.15, -0.1) is 0 Å². The Morgan fingerprint density at radius 2 is 1.84 bits per heavy atom. The topological polar surface area (TPSA) is 64.4 Å². The van der Waals surface area contributed by atoms with Gasteiger partial charge in [0.2, 0.25) is 0 Å². The van der Waals surface area contributed by atoms with Gasteiger partial charge in [-0.3, -0.25) is 4.68 Å². The lowest BCUT2D eigenvalue weighted by Crippen LogP contribution is -2.10. The van der Waals surface area contributed by atoms with Crippen molar-refractivity contribution in [1.29, 1.82) is 0 Å². The fraction of sp³-hybridized carbons (Fsp3) is 0.154. The van der Waals surface area contributed by atoms with Crippen LogP contribution in [0.3, 0.4) is 0 Å². The highest BCUT2D eigenvalue weighted by atomic mass is 19.1. The van der Waals surface area contributed by atoms with Crippen LogP contribution in [0.25, 0.3) is 22.5 Å². The molecule has 0 fully saturated rings. The van der Waals surface area contributed by atoms with Gasteiger partial charge < -0.3 is 9.84 Å². The first-order valence-corrected chi connectivity index (χ1v) is 10.3. The summed E-state index contributed by atoms with van der Waals surface area (Å²) in [6.45, 7) is 2.07. The molecule has 1 heterocycles. The molecule has 1 aromatic heterocycles. The number of hydrogen-bond donors (Lipinski definition) is 1. The summed E-state index contributed by atoms with van der Waals surface area (Å²) in [6, 6.07) is 24.0. The van der Waals surface area contributed by atoms with Crippen molar-refractivity contribution in [2.75, 3.05) is 6.61 Å². The smallest absolute Gasteiger partial charge is 0.341 e. The summed E-state index contributed by atoms with van der Waals surface area (Å²) in [5.74, 6) is -0.919. The summed E-state index contributed by atoms with van der Waals surface area (Å²) in [5, 5.41) is 13.8. The molecular formula is C26H23FN2O3. The van der Waals surface area contributed by atoms with E-state index in [0.29, 0.717) is 23.6 Å². The van der Waals surface area contributed by atoms with Crippen LogP contribution in [0.5, 0.6) is 5.75 Å². The van der Waals surface area contributed by atoms with Gasteiger partial charge in [-0.25, -0.2) is 9.18 Å². The van der Waals surface area contributed by atoms with E-state index < -0.39 is 12.6 Å². The van der Waals surface area contributed by atoms with Gasteiger partial charge >= 0.3 is 5.97 Å². The fourth-order valence-electron chi connectivity index (χ4n) is 3.58. The first kappa shape index (κ1) is 21.3. The minimum absolute atomic E-state index is 0.319. The molecule has 3 aromatic carbocycles. The predicted octanol–water partition coefficient (Wildman–Crippen LogP) is 5.37. The van der Waals surface area contributed by atoms with Crippen LogP contribution in [0.1, 0.15) is 11.1 Å². The minimum Gasteiger partial charge on any atom is -0.481 e. The third kappa shape index (κ3) is 5.03. The number of aryl methyl sites for hydroxylation is 3. The van der Waals surface area contributed by atoms with E-state index in [1.165, 1.54) is 17.7 Å². The molecule has 0 spiro atoms. The molecule has 0 aliphatic heterocycles. The van der Waals surface area contributed by atoms with Crippen molar-refractivity contribution in [3.05, 3.63) is 95.8 Å². The Balaban J connectivity index is 1.74. The van der Waals surface area contributed by atoms with E-state index in [4.69, 9.17) is 14.9 Å². The van der Waals surface area contributed by atoms with Gasteiger partial charge in [-0.05, 0) is 54.8 Å². The Morgan fingerprint density at radius 1 is 1.03 bits per heavy atom. The van der Waals surface area contributed by atoms with Crippen molar-refractivity contribution in [2.45, 2.75) is 19.9 Å². The Bertz CT molecular complexity index is 1240. The normalized spacial score (nSPS) is 10.8. The second kappa shape index (κ2) is 9.47. The second-order valence-corrected chi connectivity index (χ2v) is 7.57. The van der Waals surface area contributed by atoms with Gasteiger partial charge in [0.1, 0.15) is 11.6 Å². The number of ether oxygens (including phenoxy) is 1. The summed E-state index contributed by atoms with van der Waals surface area (Å²) in [7, 11) is 0. The molecule has 0 unspecified atom stereocenters.